The summed E-state index contributed by atoms with van der Waals surface area (Å²) >= 11 is 0. The average Bonchev–Trinajstić information content (AvgIpc) is 4.33. The van der Waals surface area contributed by atoms with Crippen LogP contribution in [-0.2, 0) is 5.41 Å². The maximum Gasteiger partial charge on any atom is 0.0702 e. The maximum absolute atomic E-state index is 2.62. The van der Waals surface area contributed by atoms with Gasteiger partial charge in [-0.25, -0.2) is 0 Å². The van der Waals surface area contributed by atoms with Gasteiger partial charge in [0, 0.05) is 23.7 Å². The Morgan fingerprint density at radius 2 is 0.351 bits per heavy atom. The minimum atomic E-state index is -0.803. The van der Waals surface area contributed by atoms with Gasteiger partial charge in [-0.05, 0) is 134 Å². The van der Waals surface area contributed by atoms with Crippen molar-refractivity contribution in [2.75, 3.05) is 0 Å². The van der Waals surface area contributed by atoms with Gasteiger partial charge in [0.05, 0.1) is 5.41 Å². The van der Waals surface area contributed by atoms with Gasteiger partial charge in [-0.1, -0.05) is 291 Å². The Hall–Kier alpha value is -9.36. The lowest BCUT2D eigenvalue weighted by molar-refractivity contribution is 0.733. The Morgan fingerprint density at radius 3 is 0.558 bits per heavy atom. The predicted octanol–water partition coefficient (Wildman–Crippen LogP) is 18.7. The van der Waals surface area contributed by atoms with Crippen LogP contribution in [0, 0.1) is 0 Å². The third-order valence-electron chi connectivity index (χ3n) is 17.9. The van der Waals surface area contributed by atoms with Gasteiger partial charge in [0.25, 0.3) is 0 Å². The van der Waals surface area contributed by atoms with Crippen LogP contribution in [0.4, 0.5) is 0 Å². The molecule has 77 heavy (non-hydrogen) atoms. The molecule has 360 valence electrons. The van der Waals surface area contributed by atoms with Crippen molar-refractivity contribution in [3.05, 3.63) is 380 Å². The highest BCUT2D eigenvalue weighted by atomic mass is 14.5. The third kappa shape index (κ3) is 6.52. The monoisotopic (exact) mass is 976 g/mol. The molecule has 0 spiro atoms. The first-order valence-electron chi connectivity index (χ1n) is 27.4. The molecule has 12 aromatic rings. The van der Waals surface area contributed by atoms with E-state index in [0.29, 0.717) is 0 Å². The second-order valence-corrected chi connectivity index (χ2v) is 21.7. The molecule has 4 aliphatic carbocycles. The molecule has 0 saturated carbocycles. The van der Waals surface area contributed by atoms with E-state index < -0.39 is 5.41 Å². The van der Waals surface area contributed by atoms with Gasteiger partial charge in [0.1, 0.15) is 0 Å². The first-order chi connectivity index (χ1) is 38.2. The van der Waals surface area contributed by atoms with Crippen LogP contribution in [0.25, 0.3) is 44.5 Å². The molecular weight excluding hydrogens is 925 g/mol. The summed E-state index contributed by atoms with van der Waals surface area (Å²) in [5.74, 6) is 0.100. The van der Waals surface area contributed by atoms with Crippen LogP contribution in [-0.4, -0.2) is 0 Å². The highest BCUT2D eigenvalue weighted by Crippen LogP contribution is 2.57. The Morgan fingerprint density at radius 1 is 0.169 bits per heavy atom. The van der Waals surface area contributed by atoms with E-state index in [9.17, 15) is 0 Å². The first-order valence-corrected chi connectivity index (χ1v) is 27.4. The van der Waals surface area contributed by atoms with Crippen LogP contribution in [0.15, 0.2) is 291 Å². The zero-order valence-corrected chi connectivity index (χ0v) is 42.5. The van der Waals surface area contributed by atoms with E-state index >= 15 is 0 Å². The summed E-state index contributed by atoms with van der Waals surface area (Å²) in [4.78, 5) is 0. The zero-order chi connectivity index (χ0) is 50.6. The third-order valence-corrected chi connectivity index (χ3v) is 17.9. The van der Waals surface area contributed by atoms with Gasteiger partial charge in [-0.15, -0.1) is 0 Å². The molecule has 0 saturated heterocycles. The molecule has 0 atom stereocenters. The molecule has 0 fully saturated rings. The maximum atomic E-state index is 2.62. The summed E-state index contributed by atoms with van der Waals surface area (Å²) < 4.78 is 0. The molecule has 16 rings (SSSR count). The van der Waals surface area contributed by atoms with Crippen LogP contribution >= 0.6 is 0 Å². The normalized spacial score (nSPS) is 14.0. The van der Waals surface area contributed by atoms with Crippen molar-refractivity contribution in [3.8, 4) is 44.5 Å². The van der Waals surface area contributed by atoms with Crippen LogP contribution < -0.4 is 0 Å². The van der Waals surface area contributed by atoms with Crippen molar-refractivity contribution >= 4 is 0 Å². The average molecular weight is 977 g/mol. The SMILES string of the molecule is c1ccc(C(c2ccccc2)(c2cc(C3c4ccccc4-c4ccccc43)cc(C3c4ccccc4-c4ccccc43)c2)c2cc(C3c4ccccc4-c4ccccc43)cc(C3c4ccccc4-c4ccccc43)c2)cc1. The van der Waals surface area contributed by atoms with Crippen molar-refractivity contribution in [1.29, 1.82) is 0 Å². The highest BCUT2D eigenvalue weighted by Gasteiger charge is 2.44. The summed E-state index contributed by atoms with van der Waals surface area (Å²) in [5.41, 5.74) is 30.8. The smallest absolute Gasteiger partial charge is 0.0622 e. The largest absolute Gasteiger partial charge is 0.0702 e. The molecule has 0 aromatic heterocycles. The zero-order valence-electron chi connectivity index (χ0n) is 42.5. The fourth-order valence-electron chi connectivity index (χ4n) is 14.9. The molecule has 0 heterocycles. The standard InChI is InChI=1S/C77H52/c1-3-23-53(24-4-1)77(54-25-5-2-6-26-54,55-45-49(73-65-35-15-7-27-57(65)58-28-8-16-36-66(58)73)43-50(46-55)74-67-37-17-9-29-59(67)60-30-10-18-38-68(60)74)56-47-51(75-69-39-19-11-31-61(69)62-32-12-20-40-70(62)75)44-52(48-56)76-71-41-21-13-33-63(71)64-34-14-22-42-72(64)76/h1-48,73-76H. The molecule has 0 heteroatoms. The summed E-state index contributed by atoms with van der Waals surface area (Å²) in [5, 5.41) is 0. The molecule has 4 aliphatic rings. The quantitative estimate of drug-likeness (QED) is 0.133. The molecule has 0 unspecified atom stereocenters. The minimum Gasteiger partial charge on any atom is -0.0622 e. The molecular formula is C77H52. The Balaban J connectivity index is 1.05. The summed E-state index contributed by atoms with van der Waals surface area (Å²) in [6, 6.07) is 112. The molecule has 12 aromatic carbocycles. The Labute approximate surface area is 451 Å². The first kappa shape index (κ1) is 44.0. The molecule has 0 radical (unpaired) electrons. The number of hydrogen-bond acceptors (Lipinski definition) is 0. The minimum absolute atomic E-state index is 0.0251. The van der Waals surface area contributed by atoms with Gasteiger partial charge in [-0.3, -0.25) is 0 Å². The molecule has 0 aliphatic heterocycles. The van der Waals surface area contributed by atoms with E-state index in [0.717, 1.165) is 0 Å². The second-order valence-electron chi connectivity index (χ2n) is 21.7. The van der Waals surface area contributed by atoms with Crippen LogP contribution in [0.3, 0.4) is 0 Å². The summed E-state index contributed by atoms with van der Waals surface area (Å²) in [7, 11) is 0. The van der Waals surface area contributed by atoms with Crippen LogP contribution in [0.1, 0.15) is 113 Å². The second kappa shape index (κ2) is 17.4. The molecule has 0 nitrogen and oxygen atoms in total. The Bertz CT molecular complexity index is 3620. The highest BCUT2D eigenvalue weighted by molar-refractivity contribution is 5.85. The fraction of sp³-hybridized carbons (Fsp3) is 0.0649. The van der Waals surface area contributed by atoms with Gasteiger partial charge in [0.15, 0.2) is 0 Å². The predicted molar refractivity (Wildman–Crippen MR) is 316 cm³/mol. The summed E-state index contributed by atoms with van der Waals surface area (Å²) in [6.07, 6.45) is 0. The van der Waals surface area contributed by atoms with E-state index in [1.54, 1.807) is 0 Å². The van der Waals surface area contributed by atoms with Crippen LogP contribution in [0.5, 0.6) is 0 Å². The van der Waals surface area contributed by atoms with Crippen molar-refractivity contribution in [1.82, 2.24) is 0 Å². The van der Waals surface area contributed by atoms with Gasteiger partial charge >= 0.3 is 0 Å². The van der Waals surface area contributed by atoms with Gasteiger partial charge in [-0.2, -0.15) is 0 Å². The van der Waals surface area contributed by atoms with Gasteiger partial charge in [0.2, 0.25) is 0 Å². The lowest BCUT2D eigenvalue weighted by atomic mass is 9.63. The lowest BCUT2D eigenvalue weighted by Crippen LogP contribution is -2.32. The van der Waals surface area contributed by atoms with E-state index in [1.165, 1.54) is 134 Å². The number of benzene rings is 12. The van der Waals surface area contributed by atoms with Crippen molar-refractivity contribution in [2.45, 2.75) is 29.1 Å². The molecule has 0 bridgehead atoms. The topological polar surface area (TPSA) is 0 Å². The van der Waals surface area contributed by atoms with Gasteiger partial charge < -0.3 is 0 Å². The molecule has 0 N–H and O–H groups in total. The Kier molecular flexibility index (Phi) is 9.91. The van der Waals surface area contributed by atoms with Crippen molar-refractivity contribution in [3.63, 3.8) is 0 Å². The lowest BCUT2D eigenvalue weighted by Gasteiger charge is -2.39. The van der Waals surface area contributed by atoms with Crippen LogP contribution in [0.2, 0.25) is 0 Å². The summed E-state index contributed by atoms with van der Waals surface area (Å²) in [6.45, 7) is 0. The van der Waals surface area contributed by atoms with Crippen molar-refractivity contribution in [2.24, 2.45) is 0 Å². The van der Waals surface area contributed by atoms with E-state index in [1.807, 2.05) is 0 Å². The van der Waals surface area contributed by atoms with E-state index in [4.69, 9.17) is 0 Å². The fourth-order valence-corrected chi connectivity index (χ4v) is 14.9. The number of rotatable bonds is 8. The van der Waals surface area contributed by atoms with E-state index in [2.05, 4.69) is 291 Å². The number of fused-ring (bicyclic) bond motifs is 12. The molecule has 0 amide bonds. The van der Waals surface area contributed by atoms with Crippen molar-refractivity contribution < 1.29 is 0 Å². The number of hydrogen-bond donors (Lipinski definition) is 0. The van der Waals surface area contributed by atoms with E-state index in [-0.39, 0.29) is 23.7 Å².